The Kier molecular flexibility index (Phi) is 70.4. The molecule has 0 fully saturated rings. The van der Waals surface area contributed by atoms with E-state index in [1.807, 2.05) is 0 Å². The molecule has 2 atom stereocenters. The molecule has 486 valence electrons. The molecule has 0 heterocycles. The summed E-state index contributed by atoms with van der Waals surface area (Å²) < 4.78 is 5.50. The lowest BCUT2D eigenvalue weighted by Gasteiger charge is -2.22. The third kappa shape index (κ3) is 67.5. The summed E-state index contributed by atoms with van der Waals surface area (Å²) in [5.74, 6) is -0.00876. The zero-order valence-corrected chi connectivity index (χ0v) is 55.8. The van der Waals surface area contributed by atoms with Crippen molar-refractivity contribution in [1.82, 2.24) is 5.32 Å². The number of ether oxygens (including phenoxy) is 1. The van der Waals surface area contributed by atoms with E-state index in [-0.39, 0.29) is 18.5 Å². The number of esters is 1. The Bertz CT molecular complexity index is 1280. The molecular weight excluding hydrogens is 1010 g/mol. The standard InChI is InChI=1S/C76H147NO5/c1-3-5-7-9-11-13-15-17-19-42-46-50-54-58-62-66-70-76(81)82-71-67-63-59-55-51-47-43-40-38-36-34-32-30-28-26-24-22-20-21-23-25-27-29-31-33-35-37-39-41-45-49-53-57-61-65-69-75(80)77-73(72-78)74(79)68-64-60-56-52-48-44-18-16-14-12-10-8-6-4-2/h22,24,28,30,73-74,78-79H,3-21,23,25-27,29,31-72H2,1-2H3,(H,77,80)/b24-22-,30-28-. The van der Waals surface area contributed by atoms with Crippen LogP contribution < -0.4 is 5.32 Å². The van der Waals surface area contributed by atoms with Gasteiger partial charge in [0.15, 0.2) is 0 Å². The summed E-state index contributed by atoms with van der Waals surface area (Å²) in [7, 11) is 0. The molecule has 0 aliphatic heterocycles. The van der Waals surface area contributed by atoms with Crippen molar-refractivity contribution in [2.75, 3.05) is 13.2 Å². The Morgan fingerprint density at radius 1 is 0.341 bits per heavy atom. The first-order valence-electron chi connectivity index (χ1n) is 37.6. The average molecular weight is 1160 g/mol. The molecule has 0 radical (unpaired) electrons. The van der Waals surface area contributed by atoms with Crippen molar-refractivity contribution in [3.8, 4) is 0 Å². The first-order chi connectivity index (χ1) is 40.5. The van der Waals surface area contributed by atoms with Gasteiger partial charge < -0.3 is 20.3 Å². The van der Waals surface area contributed by atoms with Crippen LogP contribution in [0.15, 0.2) is 24.3 Å². The summed E-state index contributed by atoms with van der Waals surface area (Å²) in [6.45, 7) is 4.99. The Hall–Kier alpha value is -1.66. The third-order valence-electron chi connectivity index (χ3n) is 17.8. The van der Waals surface area contributed by atoms with Crippen LogP contribution in [0.1, 0.15) is 425 Å². The summed E-state index contributed by atoms with van der Waals surface area (Å²) in [5, 5.41) is 23.3. The molecule has 1 amide bonds. The topological polar surface area (TPSA) is 95.9 Å². The van der Waals surface area contributed by atoms with Crippen molar-refractivity contribution in [1.29, 1.82) is 0 Å². The summed E-state index contributed by atoms with van der Waals surface area (Å²) in [5.41, 5.74) is 0. The molecule has 0 saturated carbocycles. The lowest BCUT2D eigenvalue weighted by atomic mass is 10.0. The molecule has 0 bridgehead atoms. The zero-order valence-electron chi connectivity index (χ0n) is 55.8. The number of hydrogen-bond donors (Lipinski definition) is 3. The van der Waals surface area contributed by atoms with Crippen LogP contribution in [0.2, 0.25) is 0 Å². The molecular formula is C76H147NO5. The lowest BCUT2D eigenvalue weighted by molar-refractivity contribution is -0.143. The van der Waals surface area contributed by atoms with Gasteiger partial charge in [-0.25, -0.2) is 0 Å². The number of amides is 1. The maximum atomic E-state index is 12.5. The van der Waals surface area contributed by atoms with E-state index >= 15 is 0 Å². The van der Waals surface area contributed by atoms with Crippen molar-refractivity contribution < 1.29 is 24.5 Å². The number of aliphatic hydroxyl groups excluding tert-OH is 2. The van der Waals surface area contributed by atoms with Crippen LogP contribution in [-0.4, -0.2) is 47.4 Å². The number of unbranched alkanes of at least 4 members (excludes halogenated alkanes) is 56. The minimum Gasteiger partial charge on any atom is -0.466 e. The van der Waals surface area contributed by atoms with E-state index in [1.165, 1.54) is 347 Å². The maximum absolute atomic E-state index is 12.5. The minimum atomic E-state index is -0.662. The largest absolute Gasteiger partial charge is 0.466 e. The van der Waals surface area contributed by atoms with Gasteiger partial charge in [-0.05, 0) is 57.8 Å². The molecule has 2 unspecified atom stereocenters. The highest BCUT2D eigenvalue weighted by atomic mass is 16.5. The highest BCUT2D eigenvalue weighted by Gasteiger charge is 2.20. The van der Waals surface area contributed by atoms with Crippen LogP contribution >= 0.6 is 0 Å². The average Bonchev–Trinajstić information content (AvgIpc) is 3.48. The Labute approximate surface area is 513 Å². The molecule has 0 aromatic rings. The number of carbonyl (C=O) groups is 2. The van der Waals surface area contributed by atoms with Crippen LogP contribution in [0.4, 0.5) is 0 Å². The van der Waals surface area contributed by atoms with Crippen molar-refractivity contribution in [3.63, 3.8) is 0 Å². The van der Waals surface area contributed by atoms with Crippen molar-refractivity contribution >= 4 is 11.9 Å². The molecule has 3 N–H and O–H groups in total. The van der Waals surface area contributed by atoms with Gasteiger partial charge in [-0.3, -0.25) is 9.59 Å². The van der Waals surface area contributed by atoms with E-state index in [9.17, 15) is 19.8 Å². The summed E-state index contributed by atoms with van der Waals surface area (Å²) in [6.07, 6.45) is 91.1. The molecule has 0 aliphatic carbocycles. The van der Waals surface area contributed by atoms with E-state index in [2.05, 4.69) is 43.5 Å². The first-order valence-corrected chi connectivity index (χ1v) is 37.6. The molecule has 0 rings (SSSR count). The SMILES string of the molecule is CCCCCCCCCCCCCCCCCCC(=O)OCCCCCCCCCCCCC/C=C\C/C=C\CCCCCCCCCCCCCCCCCCCC(=O)NC(CO)C(O)CCCCCCCCCCCCCCCC. The van der Waals surface area contributed by atoms with Gasteiger partial charge in [0.05, 0.1) is 25.4 Å². The van der Waals surface area contributed by atoms with Crippen LogP contribution in [0.5, 0.6) is 0 Å². The van der Waals surface area contributed by atoms with Crippen molar-refractivity contribution in [2.24, 2.45) is 0 Å². The van der Waals surface area contributed by atoms with Crippen LogP contribution in [0, 0.1) is 0 Å². The summed E-state index contributed by atoms with van der Waals surface area (Å²) in [4.78, 5) is 24.6. The number of aliphatic hydroxyl groups is 2. The molecule has 6 nitrogen and oxygen atoms in total. The minimum absolute atomic E-state index is 0.0210. The number of hydrogen-bond acceptors (Lipinski definition) is 5. The first kappa shape index (κ1) is 80.3. The number of allylic oxidation sites excluding steroid dienone is 4. The summed E-state index contributed by atoms with van der Waals surface area (Å²) >= 11 is 0. The van der Waals surface area contributed by atoms with Gasteiger partial charge in [-0.15, -0.1) is 0 Å². The fourth-order valence-corrected chi connectivity index (χ4v) is 12.0. The van der Waals surface area contributed by atoms with Gasteiger partial charge in [0.25, 0.3) is 0 Å². The molecule has 0 aromatic carbocycles. The van der Waals surface area contributed by atoms with Gasteiger partial charge in [-0.2, -0.15) is 0 Å². The van der Waals surface area contributed by atoms with E-state index in [1.54, 1.807) is 0 Å². The predicted octanol–water partition coefficient (Wildman–Crippen LogP) is 24.5. The fraction of sp³-hybridized carbons (Fsp3) is 0.921. The third-order valence-corrected chi connectivity index (χ3v) is 17.8. The summed E-state index contributed by atoms with van der Waals surface area (Å²) in [6, 6.07) is -0.539. The van der Waals surface area contributed by atoms with Gasteiger partial charge in [0.2, 0.25) is 5.91 Å². The van der Waals surface area contributed by atoms with E-state index < -0.39 is 12.1 Å². The van der Waals surface area contributed by atoms with Gasteiger partial charge in [-0.1, -0.05) is 378 Å². The molecule has 6 heteroatoms. The molecule has 0 saturated heterocycles. The van der Waals surface area contributed by atoms with Gasteiger partial charge >= 0.3 is 5.97 Å². The van der Waals surface area contributed by atoms with Crippen LogP contribution in [0.3, 0.4) is 0 Å². The van der Waals surface area contributed by atoms with Crippen LogP contribution in [-0.2, 0) is 14.3 Å². The van der Waals surface area contributed by atoms with Crippen molar-refractivity contribution in [2.45, 2.75) is 437 Å². The predicted molar refractivity (Wildman–Crippen MR) is 361 cm³/mol. The van der Waals surface area contributed by atoms with Gasteiger partial charge in [0.1, 0.15) is 0 Å². The molecule has 82 heavy (non-hydrogen) atoms. The maximum Gasteiger partial charge on any atom is 0.305 e. The normalized spacial score (nSPS) is 12.6. The van der Waals surface area contributed by atoms with Crippen molar-refractivity contribution in [3.05, 3.63) is 24.3 Å². The highest BCUT2D eigenvalue weighted by molar-refractivity contribution is 5.76. The number of carbonyl (C=O) groups excluding carboxylic acids is 2. The van der Waals surface area contributed by atoms with E-state index in [4.69, 9.17) is 4.74 Å². The smallest absolute Gasteiger partial charge is 0.305 e. The van der Waals surface area contributed by atoms with Gasteiger partial charge in [0, 0.05) is 12.8 Å². The quantitative estimate of drug-likeness (QED) is 0.0320. The Balaban J connectivity index is 3.35. The Morgan fingerprint density at radius 3 is 0.927 bits per heavy atom. The second kappa shape index (κ2) is 71.8. The zero-order chi connectivity index (χ0) is 59.2. The lowest BCUT2D eigenvalue weighted by Crippen LogP contribution is -2.45. The monoisotopic (exact) mass is 1150 g/mol. The van der Waals surface area contributed by atoms with Crippen LogP contribution in [0.25, 0.3) is 0 Å². The van der Waals surface area contributed by atoms with E-state index in [0.29, 0.717) is 25.9 Å². The number of nitrogens with one attached hydrogen (secondary N) is 1. The Morgan fingerprint density at radius 2 is 0.610 bits per heavy atom. The molecule has 0 aromatic heterocycles. The molecule has 0 spiro atoms. The second-order valence-corrected chi connectivity index (χ2v) is 26.0. The van der Waals surface area contributed by atoms with E-state index in [0.717, 1.165) is 44.9 Å². The number of rotatable bonds is 71. The molecule has 0 aliphatic rings. The highest BCUT2D eigenvalue weighted by Crippen LogP contribution is 2.19. The second-order valence-electron chi connectivity index (χ2n) is 26.0. The fourth-order valence-electron chi connectivity index (χ4n) is 12.0.